The van der Waals surface area contributed by atoms with E-state index in [2.05, 4.69) is 0 Å². The number of likely N-dealkylation sites (N-methyl/N-ethyl adjacent to an activating group) is 1. The predicted octanol–water partition coefficient (Wildman–Crippen LogP) is 3.33. The van der Waals surface area contributed by atoms with Gasteiger partial charge >= 0.3 is 0 Å². The van der Waals surface area contributed by atoms with Crippen LogP contribution in [0.4, 0.5) is 17.1 Å². The monoisotopic (exact) mass is 427 g/mol. The fourth-order valence-corrected chi connectivity index (χ4v) is 3.61. The average Bonchev–Trinajstić information content (AvgIpc) is 2.76. The number of benzene rings is 2. The van der Waals surface area contributed by atoms with Gasteiger partial charge in [0.1, 0.15) is 5.69 Å². The molecule has 164 valence electrons. The van der Waals surface area contributed by atoms with E-state index in [0.29, 0.717) is 36.6 Å². The van der Waals surface area contributed by atoms with Crippen molar-refractivity contribution in [1.29, 1.82) is 0 Å². The second-order valence-electron chi connectivity index (χ2n) is 7.27. The van der Waals surface area contributed by atoms with Crippen LogP contribution in [0.15, 0.2) is 36.4 Å². The molecule has 0 unspecified atom stereocenters. The fraction of sp³-hybridized carbons (Fsp3) is 0.364. The third-order valence-electron chi connectivity index (χ3n) is 5.29. The Morgan fingerprint density at radius 1 is 1.03 bits per heavy atom. The molecule has 1 fully saturated rings. The van der Waals surface area contributed by atoms with E-state index in [4.69, 9.17) is 9.47 Å². The van der Waals surface area contributed by atoms with E-state index in [-0.39, 0.29) is 36.0 Å². The van der Waals surface area contributed by atoms with Gasteiger partial charge in [-0.25, -0.2) is 0 Å². The van der Waals surface area contributed by atoms with Gasteiger partial charge in [0.2, 0.25) is 11.8 Å². The van der Waals surface area contributed by atoms with Crippen LogP contribution in [0, 0.1) is 10.1 Å². The Labute approximate surface area is 180 Å². The van der Waals surface area contributed by atoms with Crippen molar-refractivity contribution in [3.8, 4) is 11.5 Å². The first-order valence-electron chi connectivity index (χ1n) is 9.92. The molecule has 3 rings (SSSR count). The summed E-state index contributed by atoms with van der Waals surface area (Å²) in [4.78, 5) is 38.4. The van der Waals surface area contributed by atoms with Gasteiger partial charge in [-0.3, -0.25) is 24.6 Å². The summed E-state index contributed by atoms with van der Waals surface area (Å²) in [6.45, 7) is 0.511. The Kier molecular flexibility index (Phi) is 6.74. The molecule has 2 aromatic carbocycles. The summed E-state index contributed by atoms with van der Waals surface area (Å²) in [6.07, 6.45) is 1.64. The van der Waals surface area contributed by atoms with Gasteiger partial charge in [0.25, 0.3) is 5.69 Å². The molecule has 2 amide bonds. The minimum atomic E-state index is -0.495. The topological polar surface area (TPSA) is 102 Å². The van der Waals surface area contributed by atoms with Crippen molar-refractivity contribution >= 4 is 28.9 Å². The van der Waals surface area contributed by atoms with Gasteiger partial charge in [-0.1, -0.05) is 6.07 Å². The van der Waals surface area contributed by atoms with E-state index in [0.717, 1.165) is 10.5 Å². The van der Waals surface area contributed by atoms with Crippen molar-refractivity contribution < 1.29 is 24.0 Å². The van der Waals surface area contributed by atoms with Crippen LogP contribution in [0.1, 0.15) is 24.8 Å². The van der Waals surface area contributed by atoms with E-state index in [1.165, 1.54) is 6.07 Å². The number of carbonyl (C=O) groups is 2. The molecule has 0 aliphatic carbocycles. The summed E-state index contributed by atoms with van der Waals surface area (Å²) in [6, 6.07) is 10.1. The molecule has 2 aromatic rings. The van der Waals surface area contributed by atoms with Gasteiger partial charge in [-0.2, -0.15) is 0 Å². The Morgan fingerprint density at radius 3 is 2.32 bits per heavy atom. The van der Waals surface area contributed by atoms with Gasteiger partial charge in [-0.15, -0.1) is 0 Å². The first kappa shape index (κ1) is 22.1. The first-order chi connectivity index (χ1) is 14.8. The number of hydrogen-bond donors (Lipinski definition) is 0. The number of nitro benzene ring substituents is 1. The molecular formula is C22H25N3O6. The highest BCUT2D eigenvalue weighted by Gasteiger charge is 2.29. The van der Waals surface area contributed by atoms with E-state index < -0.39 is 4.92 Å². The number of methoxy groups -OCH3 is 2. The highest BCUT2D eigenvalue weighted by molar-refractivity contribution is 6.16. The predicted molar refractivity (Wildman–Crippen MR) is 116 cm³/mol. The van der Waals surface area contributed by atoms with Crippen LogP contribution in [-0.4, -0.2) is 44.5 Å². The number of piperidine rings is 1. The number of ether oxygens (including phenoxy) is 2. The van der Waals surface area contributed by atoms with Crippen LogP contribution < -0.4 is 19.3 Å². The Bertz CT molecular complexity index is 991. The van der Waals surface area contributed by atoms with Crippen LogP contribution in [0.3, 0.4) is 0 Å². The zero-order valence-corrected chi connectivity index (χ0v) is 17.8. The molecule has 9 heteroatoms. The average molecular weight is 427 g/mol. The summed E-state index contributed by atoms with van der Waals surface area (Å²) in [7, 11) is 4.90. The van der Waals surface area contributed by atoms with Gasteiger partial charge in [-0.05, 0) is 42.7 Å². The van der Waals surface area contributed by atoms with Crippen LogP contribution in [0.25, 0.3) is 0 Å². The van der Waals surface area contributed by atoms with Gasteiger partial charge in [0, 0.05) is 32.5 Å². The summed E-state index contributed by atoms with van der Waals surface area (Å²) in [5.74, 6) is 0.585. The van der Waals surface area contributed by atoms with E-state index in [1.807, 2.05) is 18.2 Å². The summed E-state index contributed by atoms with van der Waals surface area (Å²) >= 11 is 0. The van der Waals surface area contributed by atoms with E-state index in [9.17, 15) is 19.7 Å². The normalized spacial score (nSPS) is 13.8. The van der Waals surface area contributed by atoms with Gasteiger partial charge in [0.15, 0.2) is 11.5 Å². The van der Waals surface area contributed by atoms with Crippen LogP contribution in [0.5, 0.6) is 11.5 Å². The molecule has 0 aromatic heterocycles. The molecule has 31 heavy (non-hydrogen) atoms. The first-order valence-corrected chi connectivity index (χ1v) is 9.92. The minimum Gasteiger partial charge on any atom is -0.493 e. The third kappa shape index (κ3) is 4.76. The van der Waals surface area contributed by atoms with Crippen molar-refractivity contribution in [3.63, 3.8) is 0 Å². The molecular weight excluding hydrogens is 402 g/mol. The van der Waals surface area contributed by atoms with Crippen molar-refractivity contribution in [3.05, 3.63) is 52.1 Å². The molecule has 1 aliphatic rings. The van der Waals surface area contributed by atoms with Crippen molar-refractivity contribution in [2.45, 2.75) is 25.7 Å². The molecule has 0 N–H and O–H groups in total. The summed E-state index contributed by atoms with van der Waals surface area (Å²) in [5.41, 5.74) is 1.48. The zero-order valence-electron chi connectivity index (χ0n) is 17.8. The maximum Gasteiger partial charge on any atom is 0.294 e. The molecule has 0 saturated carbocycles. The molecule has 1 saturated heterocycles. The van der Waals surface area contributed by atoms with Crippen molar-refractivity contribution in [2.75, 3.05) is 37.6 Å². The largest absolute Gasteiger partial charge is 0.493 e. The second-order valence-corrected chi connectivity index (χ2v) is 7.27. The Hall–Kier alpha value is -3.62. The fourth-order valence-electron chi connectivity index (χ4n) is 3.61. The second kappa shape index (κ2) is 9.46. The lowest BCUT2D eigenvalue weighted by atomic mass is 10.1. The number of imide groups is 1. The highest BCUT2D eigenvalue weighted by Crippen LogP contribution is 2.34. The van der Waals surface area contributed by atoms with Crippen LogP contribution in [0.2, 0.25) is 0 Å². The number of nitrogens with zero attached hydrogens (tertiary/aromatic N) is 3. The summed E-state index contributed by atoms with van der Waals surface area (Å²) in [5, 5.41) is 11.7. The number of nitro groups is 1. The number of hydrogen-bond acceptors (Lipinski definition) is 7. The maximum absolute atomic E-state index is 12.2. The smallest absolute Gasteiger partial charge is 0.294 e. The number of anilines is 2. The van der Waals surface area contributed by atoms with Crippen molar-refractivity contribution in [1.82, 2.24) is 0 Å². The zero-order chi connectivity index (χ0) is 22.5. The lowest BCUT2D eigenvalue weighted by Crippen LogP contribution is -2.40. The van der Waals surface area contributed by atoms with E-state index in [1.54, 1.807) is 38.3 Å². The quantitative estimate of drug-likeness (QED) is 0.362. The van der Waals surface area contributed by atoms with Gasteiger partial charge < -0.3 is 14.4 Å². The maximum atomic E-state index is 12.2. The third-order valence-corrected chi connectivity index (χ3v) is 5.29. The SMILES string of the molecule is COc1ccc(CCN(C)c2ccc(N3C(=O)CCCC3=O)cc2[N+](=O)[O-])cc1OC. The number of amides is 2. The number of rotatable bonds is 8. The highest BCUT2D eigenvalue weighted by atomic mass is 16.6. The number of carbonyl (C=O) groups excluding carboxylic acids is 2. The molecule has 0 bridgehead atoms. The molecule has 0 radical (unpaired) electrons. The molecule has 9 nitrogen and oxygen atoms in total. The van der Waals surface area contributed by atoms with Crippen LogP contribution in [-0.2, 0) is 16.0 Å². The summed E-state index contributed by atoms with van der Waals surface area (Å²) < 4.78 is 10.6. The van der Waals surface area contributed by atoms with Crippen molar-refractivity contribution in [2.24, 2.45) is 0 Å². The minimum absolute atomic E-state index is 0.154. The standard InChI is InChI=1S/C22H25N3O6/c1-23(12-11-15-7-10-19(30-2)20(13-15)31-3)17-9-8-16(14-18(17)25(28)29)24-21(26)5-4-6-22(24)27/h7-10,13-14H,4-6,11-12H2,1-3H3. The molecule has 1 aliphatic heterocycles. The lowest BCUT2D eigenvalue weighted by molar-refractivity contribution is -0.384. The Balaban J connectivity index is 1.80. The molecule has 0 atom stereocenters. The lowest BCUT2D eigenvalue weighted by Gasteiger charge is -2.26. The molecule has 1 heterocycles. The van der Waals surface area contributed by atoms with E-state index >= 15 is 0 Å². The molecule has 0 spiro atoms. The Morgan fingerprint density at radius 2 is 1.71 bits per heavy atom. The van der Waals surface area contributed by atoms with Crippen LogP contribution >= 0.6 is 0 Å². The van der Waals surface area contributed by atoms with Gasteiger partial charge in [0.05, 0.1) is 24.8 Å².